The van der Waals surface area contributed by atoms with Crippen molar-refractivity contribution < 1.29 is 14.3 Å². The van der Waals surface area contributed by atoms with E-state index in [-0.39, 0.29) is 23.6 Å². The number of piperidine rings is 1. The highest BCUT2D eigenvalue weighted by atomic mass is 16.5. The molecule has 1 saturated heterocycles. The Bertz CT molecular complexity index is 555. The summed E-state index contributed by atoms with van der Waals surface area (Å²) >= 11 is 0. The lowest BCUT2D eigenvalue weighted by Gasteiger charge is -2.32. The first kappa shape index (κ1) is 19.6. The van der Waals surface area contributed by atoms with Gasteiger partial charge in [-0.2, -0.15) is 0 Å². The van der Waals surface area contributed by atoms with Gasteiger partial charge in [-0.1, -0.05) is 31.9 Å². The first-order valence-corrected chi connectivity index (χ1v) is 9.63. The highest BCUT2D eigenvalue weighted by Crippen LogP contribution is 2.34. The highest BCUT2D eigenvalue weighted by molar-refractivity contribution is 6.01. The average molecular weight is 345 g/mol. The Balaban J connectivity index is 0.000000316. The smallest absolute Gasteiger partial charge is 0.173 e. The average Bonchev–Trinajstić information content (AvgIpc) is 2.63. The summed E-state index contributed by atoms with van der Waals surface area (Å²) in [5.74, 6) is 0.757. The predicted octanol–water partition coefficient (Wildman–Crippen LogP) is 4.18. The SMILES string of the molecule is C1CCNCC1.CCCC1Oc2ccccc2C(=O)C1CCC(C)=O. The molecule has 0 bridgehead atoms. The summed E-state index contributed by atoms with van der Waals surface area (Å²) in [5, 5.41) is 3.28. The van der Waals surface area contributed by atoms with Gasteiger partial charge in [0.2, 0.25) is 0 Å². The zero-order chi connectivity index (χ0) is 18.1. The van der Waals surface area contributed by atoms with Crippen molar-refractivity contribution in [1.29, 1.82) is 0 Å². The molecule has 1 N–H and O–H groups in total. The maximum Gasteiger partial charge on any atom is 0.173 e. The Kier molecular flexibility index (Phi) is 8.13. The topological polar surface area (TPSA) is 55.4 Å². The molecule has 2 aliphatic rings. The van der Waals surface area contributed by atoms with Gasteiger partial charge in [-0.25, -0.2) is 0 Å². The van der Waals surface area contributed by atoms with E-state index in [0.717, 1.165) is 12.8 Å². The zero-order valence-corrected chi connectivity index (χ0v) is 15.6. The molecule has 1 fully saturated rings. The van der Waals surface area contributed by atoms with Crippen molar-refractivity contribution in [1.82, 2.24) is 5.32 Å². The Morgan fingerprint density at radius 2 is 1.88 bits per heavy atom. The number of para-hydroxylation sites is 1. The fraction of sp³-hybridized carbons (Fsp3) is 0.619. The van der Waals surface area contributed by atoms with Gasteiger partial charge in [-0.3, -0.25) is 4.79 Å². The minimum absolute atomic E-state index is 0.0910. The van der Waals surface area contributed by atoms with E-state index in [4.69, 9.17) is 4.74 Å². The van der Waals surface area contributed by atoms with Gasteiger partial charge in [0, 0.05) is 6.42 Å². The van der Waals surface area contributed by atoms with Crippen molar-refractivity contribution in [2.75, 3.05) is 13.1 Å². The number of Topliss-reactive ketones (excluding diaryl/α,β-unsaturated/α-hetero) is 2. The molecule has 0 amide bonds. The number of carbonyl (C=O) groups excluding carboxylic acids is 2. The summed E-state index contributed by atoms with van der Waals surface area (Å²) in [5.41, 5.74) is 0.656. The molecule has 4 nitrogen and oxygen atoms in total. The van der Waals surface area contributed by atoms with Crippen LogP contribution in [0.3, 0.4) is 0 Å². The summed E-state index contributed by atoms with van der Waals surface area (Å²) in [6.07, 6.45) is 6.98. The fourth-order valence-corrected chi connectivity index (χ4v) is 3.41. The van der Waals surface area contributed by atoms with E-state index < -0.39 is 0 Å². The van der Waals surface area contributed by atoms with Crippen LogP contribution >= 0.6 is 0 Å². The summed E-state index contributed by atoms with van der Waals surface area (Å²) in [7, 11) is 0. The third-order valence-electron chi connectivity index (χ3n) is 4.80. The van der Waals surface area contributed by atoms with Gasteiger partial charge in [0.1, 0.15) is 17.6 Å². The van der Waals surface area contributed by atoms with E-state index in [0.29, 0.717) is 24.2 Å². The van der Waals surface area contributed by atoms with Gasteiger partial charge >= 0.3 is 0 Å². The van der Waals surface area contributed by atoms with Crippen molar-refractivity contribution in [3.63, 3.8) is 0 Å². The number of hydrogen-bond donors (Lipinski definition) is 1. The molecule has 2 heterocycles. The molecular weight excluding hydrogens is 314 g/mol. The van der Waals surface area contributed by atoms with Crippen LogP contribution in [0.2, 0.25) is 0 Å². The standard InChI is InChI=1S/C16H20O3.C5H11N/c1-3-6-14-13(10-9-11(2)17)16(18)12-7-4-5-8-15(12)19-14;1-2-4-6-5-3-1/h4-5,7-8,13-14H,3,6,9-10H2,1-2H3;6H,1-5H2. The van der Waals surface area contributed by atoms with E-state index in [2.05, 4.69) is 12.2 Å². The van der Waals surface area contributed by atoms with Crippen LogP contribution in [-0.4, -0.2) is 30.8 Å². The first-order valence-electron chi connectivity index (χ1n) is 9.63. The molecule has 0 spiro atoms. The molecule has 1 aromatic carbocycles. The molecule has 2 unspecified atom stereocenters. The minimum atomic E-state index is -0.182. The van der Waals surface area contributed by atoms with Crippen LogP contribution in [0.5, 0.6) is 5.75 Å². The lowest BCUT2D eigenvalue weighted by atomic mass is 9.83. The second-order valence-electron chi connectivity index (χ2n) is 6.96. The van der Waals surface area contributed by atoms with Crippen LogP contribution in [0.1, 0.15) is 69.2 Å². The second kappa shape index (κ2) is 10.3. The monoisotopic (exact) mass is 345 g/mol. The van der Waals surface area contributed by atoms with Crippen molar-refractivity contribution in [3.8, 4) is 5.75 Å². The number of fused-ring (bicyclic) bond motifs is 1. The van der Waals surface area contributed by atoms with Crippen LogP contribution in [0.25, 0.3) is 0 Å². The van der Waals surface area contributed by atoms with E-state index in [1.807, 2.05) is 18.2 Å². The quantitative estimate of drug-likeness (QED) is 0.870. The van der Waals surface area contributed by atoms with Crippen LogP contribution in [-0.2, 0) is 4.79 Å². The molecule has 1 aromatic rings. The van der Waals surface area contributed by atoms with Crippen LogP contribution in [0, 0.1) is 5.92 Å². The second-order valence-corrected chi connectivity index (χ2v) is 6.96. The number of nitrogens with one attached hydrogen (secondary N) is 1. The Morgan fingerprint density at radius 3 is 2.44 bits per heavy atom. The van der Waals surface area contributed by atoms with Crippen molar-refractivity contribution in [2.24, 2.45) is 5.92 Å². The summed E-state index contributed by atoms with van der Waals surface area (Å²) in [6, 6.07) is 7.38. The largest absolute Gasteiger partial charge is 0.489 e. The van der Waals surface area contributed by atoms with Gasteiger partial charge in [0.25, 0.3) is 0 Å². The first-order chi connectivity index (χ1) is 12.1. The number of ether oxygens (including phenoxy) is 1. The molecule has 25 heavy (non-hydrogen) atoms. The van der Waals surface area contributed by atoms with E-state index in [9.17, 15) is 9.59 Å². The molecule has 0 saturated carbocycles. The van der Waals surface area contributed by atoms with Gasteiger partial charge in [-0.05, 0) is 57.8 Å². The van der Waals surface area contributed by atoms with Crippen LogP contribution in [0.15, 0.2) is 24.3 Å². The lowest BCUT2D eigenvalue weighted by Crippen LogP contribution is -2.38. The highest BCUT2D eigenvalue weighted by Gasteiger charge is 2.36. The molecule has 0 radical (unpaired) electrons. The van der Waals surface area contributed by atoms with Crippen molar-refractivity contribution >= 4 is 11.6 Å². The Morgan fingerprint density at radius 1 is 1.16 bits per heavy atom. The lowest BCUT2D eigenvalue weighted by molar-refractivity contribution is -0.117. The minimum Gasteiger partial charge on any atom is -0.489 e. The van der Waals surface area contributed by atoms with Crippen molar-refractivity contribution in [2.45, 2.75) is 64.9 Å². The van der Waals surface area contributed by atoms with Gasteiger partial charge in [0.15, 0.2) is 5.78 Å². The van der Waals surface area contributed by atoms with Gasteiger partial charge in [0.05, 0.1) is 11.5 Å². The number of hydrogen-bond acceptors (Lipinski definition) is 4. The van der Waals surface area contributed by atoms with Gasteiger partial charge in [-0.15, -0.1) is 0 Å². The summed E-state index contributed by atoms with van der Waals surface area (Å²) in [6.45, 7) is 6.15. The van der Waals surface area contributed by atoms with E-state index in [1.165, 1.54) is 32.4 Å². The molecule has 138 valence electrons. The predicted molar refractivity (Wildman–Crippen MR) is 100 cm³/mol. The Hall–Kier alpha value is -1.68. The summed E-state index contributed by atoms with van der Waals surface area (Å²) in [4.78, 5) is 23.7. The normalized spacial score (nSPS) is 22.2. The molecule has 4 heteroatoms. The van der Waals surface area contributed by atoms with E-state index in [1.54, 1.807) is 13.0 Å². The van der Waals surface area contributed by atoms with E-state index >= 15 is 0 Å². The molecule has 2 atom stereocenters. The molecule has 0 aromatic heterocycles. The molecule has 3 rings (SSSR count). The third-order valence-corrected chi connectivity index (χ3v) is 4.80. The zero-order valence-electron chi connectivity index (χ0n) is 15.6. The summed E-state index contributed by atoms with van der Waals surface area (Å²) < 4.78 is 5.96. The number of ketones is 2. The Labute approximate surface area is 151 Å². The number of benzene rings is 1. The number of rotatable bonds is 5. The fourth-order valence-electron chi connectivity index (χ4n) is 3.41. The maximum atomic E-state index is 12.5. The molecular formula is C21H31NO3. The van der Waals surface area contributed by atoms with Gasteiger partial charge < -0.3 is 14.8 Å². The van der Waals surface area contributed by atoms with Crippen LogP contribution in [0.4, 0.5) is 0 Å². The maximum absolute atomic E-state index is 12.5. The molecule has 0 aliphatic carbocycles. The van der Waals surface area contributed by atoms with Crippen molar-refractivity contribution in [3.05, 3.63) is 29.8 Å². The number of carbonyl (C=O) groups is 2. The third kappa shape index (κ3) is 5.96. The van der Waals surface area contributed by atoms with Crippen LogP contribution < -0.4 is 10.1 Å². The molecule has 2 aliphatic heterocycles.